The molecule has 0 saturated carbocycles. The van der Waals surface area contributed by atoms with Gasteiger partial charge in [0.05, 0.1) is 11.7 Å². The van der Waals surface area contributed by atoms with Crippen LogP contribution in [-0.2, 0) is 13.5 Å². The van der Waals surface area contributed by atoms with Crippen LogP contribution in [0.15, 0.2) is 11.4 Å². The molecule has 2 aromatic heterocycles. The molecule has 4 nitrogen and oxygen atoms in total. The van der Waals surface area contributed by atoms with Crippen LogP contribution in [0.25, 0.3) is 0 Å². The zero-order valence-electron chi connectivity index (χ0n) is 11.1. The molecule has 0 amide bonds. The summed E-state index contributed by atoms with van der Waals surface area (Å²) >= 11 is 1.83. The van der Waals surface area contributed by atoms with Crippen molar-refractivity contribution in [2.45, 2.75) is 32.2 Å². The third-order valence-corrected chi connectivity index (χ3v) is 4.69. The number of aryl methyl sites for hydroxylation is 3. The number of thiophene rings is 1. The molecule has 0 aliphatic heterocycles. The molecule has 0 saturated heterocycles. The van der Waals surface area contributed by atoms with Gasteiger partial charge in [0.1, 0.15) is 17.5 Å². The van der Waals surface area contributed by atoms with Gasteiger partial charge in [0.15, 0.2) is 0 Å². The minimum atomic E-state index is 0.303. The monoisotopic (exact) mass is 272 g/mol. The SMILES string of the molecule is Cc1nn(C)c(NC2CCCc3sccc32)c1C#N. The van der Waals surface area contributed by atoms with E-state index >= 15 is 0 Å². The smallest absolute Gasteiger partial charge is 0.142 e. The Hall–Kier alpha value is -1.80. The summed E-state index contributed by atoms with van der Waals surface area (Å²) in [5.74, 6) is 0.837. The van der Waals surface area contributed by atoms with E-state index in [0.717, 1.165) is 17.9 Å². The van der Waals surface area contributed by atoms with Gasteiger partial charge in [0, 0.05) is 11.9 Å². The highest BCUT2D eigenvalue weighted by atomic mass is 32.1. The van der Waals surface area contributed by atoms with Gasteiger partial charge in [-0.3, -0.25) is 4.68 Å². The predicted molar refractivity (Wildman–Crippen MR) is 76.3 cm³/mol. The lowest BCUT2D eigenvalue weighted by Gasteiger charge is -2.24. The van der Waals surface area contributed by atoms with Gasteiger partial charge >= 0.3 is 0 Å². The van der Waals surface area contributed by atoms with Gasteiger partial charge in [-0.15, -0.1) is 11.3 Å². The molecule has 1 aliphatic carbocycles. The van der Waals surface area contributed by atoms with Crippen molar-refractivity contribution in [3.05, 3.63) is 33.1 Å². The lowest BCUT2D eigenvalue weighted by Crippen LogP contribution is -2.17. The quantitative estimate of drug-likeness (QED) is 0.913. The standard InChI is InChI=1S/C14H16N4S/c1-9-11(8-15)14(18(2)17-9)16-12-4-3-5-13-10(12)6-7-19-13/h6-7,12,16H,3-5H2,1-2H3. The first-order valence-electron chi connectivity index (χ1n) is 6.47. The van der Waals surface area contributed by atoms with Crippen LogP contribution in [0.3, 0.4) is 0 Å². The number of aromatic nitrogens is 2. The van der Waals surface area contributed by atoms with E-state index in [9.17, 15) is 5.26 Å². The first-order valence-corrected chi connectivity index (χ1v) is 7.35. The molecule has 98 valence electrons. The Labute approximate surface area is 116 Å². The number of hydrogen-bond acceptors (Lipinski definition) is 4. The summed E-state index contributed by atoms with van der Waals surface area (Å²) in [6, 6.07) is 4.75. The number of nitriles is 1. The summed E-state index contributed by atoms with van der Waals surface area (Å²) in [5, 5.41) is 19.3. The Kier molecular flexibility index (Phi) is 3.03. The van der Waals surface area contributed by atoms with Crippen molar-refractivity contribution in [1.82, 2.24) is 9.78 Å². The van der Waals surface area contributed by atoms with E-state index in [4.69, 9.17) is 0 Å². The van der Waals surface area contributed by atoms with Crippen LogP contribution in [0.2, 0.25) is 0 Å². The summed E-state index contributed by atoms with van der Waals surface area (Å²) in [5.41, 5.74) is 2.83. The molecule has 3 rings (SSSR count). The van der Waals surface area contributed by atoms with E-state index in [1.165, 1.54) is 23.3 Å². The highest BCUT2D eigenvalue weighted by Crippen LogP contribution is 2.36. The van der Waals surface area contributed by atoms with Gasteiger partial charge in [0.25, 0.3) is 0 Å². The molecule has 1 unspecified atom stereocenters. The van der Waals surface area contributed by atoms with Crippen LogP contribution < -0.4 is 5.32 Å². The average Bonchev–Trinajstić information content (AvgIpc) is 2.96. The lowest BCUT2D eigenvalue weighted by atomic mass is 9.94. The highest BCUT2D eigenvalue weighted by molar-refractivity contribution is 7.10. The molecule has 0 aromatic carbocycles. The summed E-state index contributed by atoms with van der Waals surface area (Å²) < 4.78 is 1.77. The van der Waals surface area contributed by atoms with E-state index in [-0.39, 0.29) is 0 Å². The number of rotatable bonds is 2. The Morgan fingerprint density at radius 1 is 1.58 bits per heavy atom. The van der Waals surface area contributed by atoms with Gasteiger partial charge in [-0.05, 0) is 43.2 Å². The van der Waals surface area contributed by atoms with Crippen molar-refractivity contribution in [2.75, 3.05) is 5.32 Å². The molecule has 19 heavy (non-hydrogen) atoms. The Morgan fingerprint density at radius 2 is 2.42 bits per heavy atom. The van der Waals surface area contributed by atoms with Crippen molar-refractivity contribution in [1.29, 1.82) is 5.26 Å². The second kappa shape index (κ2) is 4.71. The summed E-state index contributed by atoms with van der Waals surface area (Å²) in [4.78, 5) is 1.47. The molecule has 1 atom stereocenters. The average molecular weight is 272 g/mol. The maximum atomic E-state index is 9.26. The van der Waals surface area contributed by atoms with Crippen molar-refractivity contribution >= 4 is 17.2 Å². The Bertz CT molecular complexity index is 647. The van der Waals surface area contributed by atoms with E-state index < -0.39 is 0 Å². The lowest BCUT2D eigenvalue weighted by molar-refractivity contribution is 0.600. The first kappa shape index (κ1) is 12.2. The number of anilines is 1. The fraction of sp³-hybridized carbons (Fsp3) is 0.429. The number of nitrogens with zero attached hydrogens (tertiary/aromatic N) is 3. The van der Waals surface area contributed by atoms with Gasteiger partial charge < -0.3 is 5.32 Å². The molecule has 0 spiro atoms. The molecular weight excluding hydrogens is 256 g/mol. The van der Waals surface area contributed by atoms with E-state index in [1.807, 2.05) is 25.3 Å². The molecule has 2 aromatic rings. The van der Waals surface area contributed by atoms with Crippen molar-refractivity contribution in [3.63, 3.8) is 0 Å². The van der Waals surface area contributed by atoms with Gasteiger partial charge in [-0.1, -0.05) is 0 Å². The molecule has 1 N–H and O–H groups in total. The van der Waals surface area contributed by atoms with Gasteiger partial charge in [-0.25, -0.2) is 0 Å². The number of fused-ring (bicyclic) bond motifs is 1. The van der Waals surface area contributed by atoms with Crippen LogP contribution in [0.1, 0.15) is 40.6 Å². The fourth-order valence-corrected chi connectivity index (χ4v) is 3.75. The Morgan fingerprint density at radius 3 is 3.21 bits per heavy atom. The van der Waals surface area contributed by atoms with Crippen LogP contribution in [0, 0.1) is 18.3 Å². The molecule has 2 heterocycles. The topological polar surface area (TPSA) is 53.6 Å². The molecule has 0 bridgehead atoms. The highest BCUT2D eigenvalue weighted by Gasteiger charge is 2.23. The summed E-state index contributed by atoms with van der Waals surface area (Å²) in [7, 11) is 1.88. The first-order chi connectivity index (χ1) is 9.20. The zero-order valence-corrected chi connectivity index (χ0v) is 11.9. The van der Waals surface area contributed by atoms with Gasteiger partial charge in [-0.2, -0.15) is 10.4 Å². The van der Waals surface area contributed by atoms with Crippen LogP contribution >= 0.6 is 11.3 Å². The second-order valence-electron chi connectivity index (χ2n) is 4.93. The Balaban J connectivity index is 1.94. The van der Waals surface area contributed by atoms with Crippen LogP contribution in [-0.4, -0.2) is 9.78 Å². The third-order valence-electron chi connectivity index (χ3n) is 3.70. The minimum absolute atomic E-state index is 0.303. The zero-order chi connectivity index (χ0) is 13.4. The van der Waals surface area contributed by atoms with Gasteiger partial charge in [0.2, 0.25) is 0 Å². The molecule has 0 radical (unpaired) electrons. The summed E-state index contributed by atoms with van der Waals surface area (Å²) in [6.07, 6.45) is 3.49. The molecular formula is C14H16N4S. The van der Waals surface area contributed by atoms with Crippen molar-refractivity contribution < 1.29 is 0 Å². The molecule has 5 heteroatoms. The second-order valence-corrected chi connectivity index (χ2v) is 5.93. The fourth-order valence-electron chi connectivity index (χ4n) is 2.76. The van der Waals surface area contributed by atoms with Crippen molar-refractivity contribution in [2.24, 2.45) is 7.05 Å². The maximum absolute atomic E-state index is 9.26. The largest absolute Gasteiger partial charge is 0.362 e. The maximum Gasteiger partial charge on any atom is 0.142 e. The van der Waals surface area contributed by atoms with E-state index in [1.54, 1.807) is 4.68 Å². The number of nitrogens with one attached hydrogen (secondary N) is 1. The van der Waals surface area contributed by atoms with Crippen LogP contribution in [0.5, 0.6) is 0 Å². The number of hydrogen-bond donors (Lipinski definition) is 1. The normalized spacial score (nSPS) is 17.8. The molecule has 0 fully saturated rings. The molecule has 1 aliphatic rings. The van der Waals surface area contributed by atoms with E-state index in [0.29, 0.717) is 11.6 Å². The minimum Gasteiger partial charge on any atom is -0.362 e. The van der Waals surface area contributed by atoms with E-state index in [2.05, 4.69) is 27.9 Å². The predicted octanol–water partition coefficient (Wildman–Crippen LogP) is 3.15. The van der Waals surface area contributed by atoms with Crippen molar-refractivity contribution in [3.8, 4) is 6.07 Å². The van der Waals surface area contributed by atoms with Crippen LogP contribution in [0.4, 0.5) is 5.82 Å². The third kappa shape index (κ3) is 2.02. The summed E-state index contributed by atoms with van der Waals surface area (Å²) in [6.45, 7) is 1.88.